The first-order chi connectivity index (χ1) is 9.47. The lowest BCUT2D eigenvalue weighted by Crippen LogP contribution is -2.34. The number of methoxy groups -OCH3 is 1. The van der Waals surface area contributed by atoms with E-state index < -0.39 is 10.0 Å². The zero-order valence-electron chi connectivity index (χ0n) is 11.0. The van der Waals surface area contributed by atoms with Gasteiger partial charge < -0.3 is 4.74 Å². The average Bonchev–Trinajstić information content (AvgIpc) is 2.42. The van der Waals surface area contributed by atoms with Gasteiger partial charge in [-0.15, -0.1) is 6.58 Å². The lowest BCUT2D eigenvalue weighted by molar-refractivity contribution is 0.182. The van der Waals surface area contributed by atoms with Crippen LogP contribution < -0.4 is 0 Å². The molecule has 0 aromatic heterocycles. The normalized spacial score (nSPS) is 11.3. The number of hydrogen-bond acceptors (Lipinski definition) is 4. The van der Waals surface area contributed by atoms with Crippen LogP contribution in [0.2, 0.25) is 5.02 Å². The molecule has 0 aliphatic carbocycles. The van der Waals surface area contributed by atoms with Crippen molar-refractivity contribution < 1.29 is 13.2 Å². The molecule has 0 amide bonds. The Morgan fingerprint density at radius 1 is 1.55 bits per heavy atom. The molecule has 0 spiro atoms. The molecule has 0 radical (unpaired) electrons. The fraction of sp³-hybridized carbons (Fsp3) is 0.308. The van der Waals surface area contributed by atoms with E-state index in [1.807, 2.05) is 6.07 Å². The maximum Gasteiger partial charge on any atom is 0.244 e. The van der Waals surface area contributed by atoms with E-state index in [0.29, 0.717) is 5.56 Å². The van der Waals surface area contributed by atoms with Gasteiger partial charge in [0.05, 0.1) is 23.3 Å². The SMILES string of the molecule is C=CCN(CCOC)S(=O)(=O)c1ccc(C#N)cc1Cl. The Morgan fingerprint density at radius 3 is 2.75 bits per heavy atom. The number of ether oxygens (including phenoxy) is 1. The second kappa shape index (κ2) is 7.41. The van der Waals surface area contributed by atoms with Gasteiger partial charge >= 0.3 is 0 Å². The fourth-order valence-electron chi connectivity index (χ4n) is 1.57. The maximum absolute atomic E-state index is 12.5. The van der Waals surface area contributed by atoms with E-state index in [4.69, 9.17) is 21.6 Å². The third-order valence-corrected chi connectivity index (χ3v) is 4.90. The van der Waals surface area contributed by atoms with Crippen molar-refractivity contribution in [1.82, 2.24) is 4.31 Å². The summed E-state index contributed by atoms with van der Waals surface area (Å²) in [6.45, 7) is 4.16. The molecule has 7 heteroatoms. The highest BCUT2D eigenvalue weighted by molar-refractivity contribution is 7.89. The molecule has 0 N–H and O–H groups in total. The molecule has 5 nitrogen and oxygen atoms in total. The Labute approximate surface area is 124 Å². The Bertz CT molecular complexity index is 623. The summed E-state index contributed by atoms with van der Waals surface area (Å²) in [6, 6.07) is 5.99. The van der Waals surface area contributed by atoms with Crippen LogP contribution in [0.15, 0.2) is 35.7 Å². The molecule has 1 aromatic carbocycles. The first kappa shape index (κ1) is 16.7. The van der Waals surface area contributed by atoms with E-state index in [-0.39, 0.29) is 29.6 Å². The quantitative estimate of drug-likeness (QED) is 0.722. The third kappa shape index (κ3) is 3.81. The molecule has 1 aromatic rings. The van der Waals surface area contributed by atoms with E-state index in [2.05, 4.69) is 6.58 Å². The highest BCUT2D eigenvalue weighted by Gasteiger charge is 2.25. The summed E-state index contributed by atoms with van der Waals surface area (Å²) < 4.78 is 31.1. The molecule has 0 saturated carbocycles. The van der Waals surface area contributed by atoms with Crippen molar-refractivity contribution >= 4 is 21.6 Å². The summed E-state index contributed by atoms with van der Waals surface area (Å²) in [7, 11) is -2.26. The highest BCUT2D eigenvalue weighted by Crippen LogP contribution is 2.25. The summed E-state index contributed by atoms with van der Waals surface area (Å²) in [4.78, 5) is -0.0314. The molecular formula is C13H15ClN2O3S. The van der Waals surface area contributed by atoms with Crippen molar-refractivity contribution in [3.8, 4) is 6.07 Å². The van der Waals surface area contributed by atoms with Crippen LogP contribution in [-0.2, 0) is 14.8 Å². The Hall–Kier alpha value is -1.39. The number of nitrogens with zero attached hydrogens (tertiary/aromatic N) is 2. The number of nitriles is 1. The predicted molar refractivity (Wildman–Crippen MR) is 77.0 cm³/mol. The van der Waals surface area contributed by atoms with E-state index in [9.17, 15) is 8.42 Å². The van der Waals surface area contributed by atoms with Gasteiger partial charge in [-0.25, -0.2) is 8.42 Å². The number of sulfonamides is 1. The Morgan fingerprint density at radius 2 is 2.25 bits per heavy atom. The van der Waals surface area contributed by atoms with E-state index in [0.717, 1.165) is 0 Å². The van der Waals surface area contributed by atoms with Crippen LogP contribution in [0.1, 0.15) is 5.56 Å². The minimum Gasteiger partial charge on any atom is -0.383 e. The van der Waals surface area contributed by atoms with Gasteiger partial charge in [-0.2, -0.15) is 9.57 Å². The minimum atomic E-state index is -3.75. The summed E-state index contributed by atoms with van der Waals surface area (Å²) >= 11 is 5.96. The van der Waals surface area contributed by atoms with E-state index in [1.165, 1.54) is 35.7 Å². The van der Waals surface area contributed by atoms with Gasteiger partial charge in [-0.3, -0.25) is 0 Å². The van der Waals surface area contributed by atoms with Crippen LogP contribution in [0.5, 0.6) is 0 Å². The molecule has 108 valence electrons. The second-order valence-corrected chi connectivity index (χ2v) is 6.22. The van der Waals surface area contributed by atoms with E-state index in [1.54, 1.807) is 0 Å². The molecule has 20 heavy (non-hydrogen) atoms. The highest BCUT2D eigenvalue weighted by atomic mass is 35.5. The van der Waals surface area contributed by atoms with Gasteiger partial charge in [0.2, 0.25) is 10.0 Å². The molecular weight excluding hydrogens is 300 g/mol. The molecule has 0 aliphatic heterocycles. The lowest BCUT2D eigenvalue weighted by Gasteiger charge is -2.21. The largest absolute Gasteiger partial charge is 0.383 e. The first-order valence-corrected chi connectivity index (χ1v) is 7.58. The summed E-state index contributed by atoms with van der Waals surface area (Å²) in [6.07, 6.45) is 1.49. The van der Waals surface area contributed by atoms with Crippen LogP contribution >= 0.6 is 11.6 Å². The zero-order valence-corrected chi connectivity index (χ0v) is 12.6. The predicted octanol–water partition coefficient (Wildman–Crippen LogP) is 2.03. The third-order valence-electron chi connectivity index (χ3n) is 2.56. The summed E-state index contributed by atoms with van der Waals surface area (Å²) in [5, 5.41) is 8.79. The number of hydrogen-bond donors (Lipinski definition) is 0. The standard InChI is InChI=1S/C13H15ClN2O3S/c1-3-6-16(7-8-19-2)20(17,18)13-5-4-11(10-15)9-12(13)14/h3-5,9H,1,6-8H2,2H3. The van der Waals surface area contributed by atoms with Gasteiger partial charge in [0.15, 0.2) is 0 Å². The smallest absolute Gasteiger partial charge is 0.244 e. The number of benzene rings is 1. The Balaban J connectivity index is 3.19. The van der Waals surface area contributed by atoms with Crippen molar-refractivity contribution in [3.05, 3.63) is 41.4 Å². The molecule has 0 atom stereocenters. The molecule has 0 fully saturated rings. The van der Waals surface area contributed by atoms with Crippen LogP contribution in [-0.4, -0.2) is 39.5 Å². The van der Waals surface area contributed by atoms with Gasteiger partial charge in [0, 0.05) is 20.2 Å². The van der Waals surface area contributed by atoms with Crippen LogP contribution in [0, 0.1) is 11.3 Å². The van der Waals surface area contributed by atoms with Crippen molar-refractivity contribution in [2.24, 2.45) is 0 Å². The van der Waals surface area contributed by atoms with Crippen LogP contribution in [0.25, 0.3) is 0 Å². The monoisotopic (exact) mass is 314 g/mol. The van der Waals surface area contributed by atoms with E-state index >= 15 is 0 Å². The summed E-state index contributed by atoms with van der Waals surface area (Å²) in [5.41, 5.74) is 0.307. The van der Waals surface area contributed by atoms with Crippen molar-refractivity contribution in [2.45, 2.75) is 4.90 Å². The first-order valence-electron chi connectivity index (χ1n) is 5.77. The Kier molecular flexibility index (Phi) is 6.17. The van der Waals surface area contributed by atoms with Crippen LogP contribution in [0.4, 0.5) is 0 Å². The summed E-state index contributed by atoms with van der Waals surface area (Å²) in [5.74, 6) is 0. The molecule has 0 heterocycles. The van der Waals surface area contributed by atoms with Crippen molar-refractivity contribution in [3.63, 3.8) is 0 Å². The minimum absolute atomic E-state index is 0.0236. The number of halogens is 1. The van der Waals surface area contributed by atoms with Gasteiger partial charge in [-0.05, 0) is 18.2 Å². The van der Waals surface area contributed by atoms with Crippen molar-refractivity contribution in [1.29, 1.82) is 5.26 Å². The maximum atomic E-state index is 12.5. The number of rotatable bonds is 7. The molecule has 0 saturated heterocycles. The average molecular weight is 315 g/mol. The van der Waals surface area contributed by atoms with Gasteiger partial charge in [-0.1, -0.05) is 17.7 Å². The zero-order chi connectivity index (χ0) is 15.2. The topological polar surface area (TPSA) is 70.4 Å². The van der Waals surface area contributed by atoms with Gasteiger partial charge in [0.25, 0.3) is 0 Å². The fourth-order valence-corrected chi connectivity index (χ4v) is 3.48. The van der Waals surface area contributed by atoms with Crippen molar-refractivity contribution in [2.75, 3.05) is 26.8 Å². The molecule has 0 bridgehead atoms. The molecule has 0 unspecified atom stereocenters. The van der Waals surface area contributed by atoms with Gasteiger partial charge in [0.1, 0.15) is 4.90 Å². The van der Waals surface area contributed by atoms with Crippen LogP contribution in [0.3, 0.4) is 0 Å². The molecule has 0 aliphatic rings. The lowest BCUT2D eigenvalue weighted by atomic mass is 10.2. The molecule has 1 rings (SSSR count). The second-order valence-electron chi connectivity index (χ2n) is 3.90.